The molecule has 1 aliphatic heterocycles. The number of ether oxygens (including phenoxy) is 1. The maximum atomic E-state index is 12.1. The van der Waals surface area contributed by atoms with Crippen molar-refractivity contribution in [3.8, 4) is 17.2 Å². The van der Waals surface area contributed by atoms with Gasteiger partial charge in [-0.3, -0.25) is 4.79 Å². The van der Waals surface area contributed by atoms with Crippen LogP contribution in [-0.2, 0) is 0 Å². The number of phenols is 2. The SMILES string of the molecule is O=C1CC2(CCCC2)Oc2c(O)ccc(O)c21. The third kappa shape index (κ3) is 1.47. The molecule has 1 fully saturated rings. The number of carbonyl (C=O) groups is 1. The Labute approximate surface area is 98.8 Å². The maximum absolute atomic E-state index is 12.1. The van der Waals surface area contributed by atoms with E-state index < -0.39 is 5.60 Å². The van der Waals surface area contributed by atoms with E-state index in [-0.39, 0.29) is 28.6 Å². The molecule has 4 nitrogen and oxygen atoms in total. The van der Waals surface area contributed by atoms with Crippen LogP contribution in [0, 0.1) is 0 Å². The van der Waals surface area contributed by atoms with E-state index in [9.17, 15) is 15.0 Å². The number of benzene rings is 1. The Kier molecular flexibility index (Phi) is 2.08. The summed E-state index contributed by atoms with van der Waals surface area (Å²) in [5, 5.41) is 19.4. The van der Waals surface area contributed by atoms with Gasteiger partial charge in [0.15, 0.2) is 17.3 Å². The first-order chi connectivity index (χ1) is 8.11. The molecule has 0 aromatic heterocycles. The summed E-state index contributed by atoms with van der Waals surface area (Å²) in [5.74, 6) is -0.169. The van der Waals surface area contributed by atoms with E-state index in [1.165, 1.54) is 12.1 Å². The van der Waals surface area contributed by atoms with Crippen molar-refractivity contribution in [2.45, 2.75) is 37.7 Å². The summed E-state index contributed by atoms with van der Waals surface area (Å²) in [6, 6.07) is 2.68. The minimum Gasteiger partial charge on any atom is -0.507 e. The van der Waals surface area contributed by atoms with Gasteiger partial charge in [0.1, 0.15) is 16.9 Å². The standard InChI is InChI=1S/C13H14O4/c14-8-3-4-9(15)12-11(8)10(16)7-13(17-12)5-1-2-6-13/h3-4,14-15H,1-2,5-7H2. The van der Waals surface area contributed by atoms with Gasteiger partial charge >= 0.3 is 0 Å². The second kappa shape index (κ2) is 3.39. The largest absolute Gasteiger partial charge is 0.507 e. The fourth-order valence-electron chi connectivity index (χ4n) is 2.87. The van der Waals surface area contributed by atoms with Crippen molar-refractivity contribution in [3.05, 3.63) is 17.7 Å². The average Bonchev–Trinajstić information content (AvgIpc) is 2.71. The molecule has 0 amide bonds. The number of phenolic OH excluding ortho intramolecular Hbond substituents is 2. The van der Waals surface area contributed by atoms with Gasteiger partial charge in [-0.05, 0) is 37.8 Å². The van der Waals surface area contributed by atoms with Crippen LogP contribution in [0.25, 0.3) is 0 Å². The third-order valence-electron chi connectivity index (χ3n) is 3.71. The summed E-state index contributed by atoms with van der Waals surface area (Å²) in [7, 11) is 0. The van der Waals surface area contributed by atoms with E-state index in [0.29, 0.717) is 6.42 Å². The lowest BCUT2D eigenvalue weighted by Gasteiger charge is -2.35. The highest BCUT2D eigenvalue weighted by Gasteiger charge is 2.44. The van der Waals surface area contributed by atoms with Gasteiger partial charge in [0.2, 0.25) is 0 Å². The molecule has 0 radical (unpaired) electrons. The molecule has 2 aliphatic rings. The van der Waals surface area contributed by atoms with Crippen LogP contribution >= 0.6 is 0 Å². The van der Waals surface area contributed by atoms with Crippen LogP contribution in [0.1, 0.15) is 42.5 Å². The molecule has 0 atom stereocenters. The molecule has 1 heterocycles. The summed E-state index contributed by atoms with van der Waals surface area (Å²) in [5.41, 5.74) is -0.322. The highest BCUT2D eigenvalue weighted by molar-refractivity contribution is 6.03. The van der Waals surface area contributed by atoms with E-state index >= 15 is 0 Å². The van der Waals surface area contributed by atoms with Crippen molar-refractivity contribution in [3.63, 3.8) is 0 Å². The molecule has 1 aromatic rings. The highest BCUT2D eigenvalue weighted by atomic mass is 16.5. The van der Waals surface area contributed by atoms with E-state index in [2.05, 4.69) is 0 Å². The Morgan fingerprint density at radius 1 is 1.12 bits per heavy atom. The van der Waals surface area contributed by atoms with Gasteiger partial charge in [-0.15, -0.1) is 0 Å². The van der Waals surface area contributed by atoms with Crippen molar-refractivity contribution in [2.24, 2.45) is 0 Å². The fourth-order valence-corrected chi connectivity index (χ4v) is 2.87. The number of hydrogen-bond acceptors (Lipinski definition) is 4. The molecule has 17 heavy (non-hydrogen) atoms. The van der Waals surface area contributed by atoms with Crippen molar-refractivity contribution >= 4 is 5.78 Å². The van der Waals surface area contributed by atoms with E-state index in [1.54, 1.807) is 0 Å². The Bertz CT molecular complexity index is 486. The molecule has 3 rings (SSSR count). The van der Waals surface area contributed by atoms with Crippen molar-refractivity contribution in [1.29, 1.82) is 0 Å². The number of carbonyl (C=O) groups excluding carboxylic acids is 1. The lowest BCUT2D eigenvalue weighted by atomic mass is 9.88. The zero-order chi connectivity index (χ0) is 12.0. The zero-order valence-corrected chi connectivity index (χ0v) is 9.40. The Balaban J connectivity index is 2.12. The molecular weight excluding hydrogens is 220 g/mol. The third-order valence-corrected chi connectivity index (χ3v) is 3.71. The van der Waals surface area contributed by atoms with Crippen LogP contribution in [0.2, 0.25) is 0 Å². The zero-order valence-electron chi connectivity index (χ0n) is 9.40. The highest BCUT2D eigenvalue weighted by Crippen LogP contribution is 2.48. The van der Waals surface area contributed by atoms with Crippen molar-refractivity contribution in [1.82, 2.24) is 0 Å². The molecule has 1 spiro atoms. The minimum atomic E-state index is -0.449. The molecule has 1 saturated carbocycles. The molecule has 0 unspecified atom stereocenters. The quantitative estimate of drug-likeness (QED) is 0.676. The topological polar surface area (TPSA) is 66.8 Å². The first-order valence-corrected chi connectivity index (χ1v) is 5.88. The first kappa shape index (κ1) is 10.4. The first-order valence-electron chi connectivity index (χ1n) is 5.88. The molecule has 4 heteroatoms. The van der Waals surface area contributed by atoms with Crippen molar-refractivity contribution in [2.75, 3.05) is 0 Å². The number of Topliss-reactive ketones (excluding diaryl/α,β-unsaturated/α-hetero) is 1. The second-order valence-electron chi connectivity index (χ2n) is 4.90. The molecular formula is C13H14O4. The maximum Gasteiger partial charge on any atom is 0.176 e. The molecule has 0 bridgehead atoms. The van der Waals surface area contributed by atoms with E-state index in [0.717, 1.165) is 25.7 Å². The van der Waals surface area contributed by atoms with Crippen LogP contribution in [0.5, 0.6) is 17.2 Å². The number of ketones is 1. The predicted molar refractivity (Wildman–Crippen MR) is 60.5 cm³/mol. The molecule has 2 N–H and O–H groups in total. The summed E-state index contributed by atoms with van der Waals surface area (Å²) in [6.45, 7) is 0. The lowest BCUT2D eigenvalue weighted by molar-refractivity contribution is 0.0423. The van der Waals surface area contributed by atoms with Crippen LogP contribution in [0.15, 0.2) is 12.1 Å². The van der Waals surface area contributed by atoms with Crippen LogP contribution in [-0.4, -0.2) is 21.6 Å². The van der Waals surface area contributed by atoms with E-state index in [4.69, 9.17) is 4.74 Å². The van der Waals surface area contributed by atoms with E-state index in [1.807, 2.05) is 0 Å². The summed E-state index contributed by atoms with van der Waals surface area (Å²) in [6.07, 6.45) is 4.07. The minimum absolute atomic E-state index is 0.0721. The fraction of sp³-hybridized carbons (Fsp3) is 0.462. The van der Waals surface area contributed by atoms with Crippen molar-refractivity contribution < 1.29 is 19.7 Å². The lowest BCUT2D eigenvalue weighted by Crippen LogP contribution is -2.39. The monoisotopic (exact) mass is 234 g/mol. The smallest absolute Gasteiger partial charge is 0.176 e. The summed E-state index contributed by atoms with van der Waals surface area (Å²) in [4.78, 5) is 12.1. The van der Waals surface area contributed by atoms with Crippen LogP contribution < -0.4 is 4.74 Å². The molecule has 1 aliphatic carbocycles. The summed E-state index contributed by atoms with van der Waals surface area (Å²) < 4.78 is 5.83. The normalized spacial score (nSPS) is 21.3. The number of fused-ring (bicyclic) bond motifs is 1. The van der Waals surface area contributed by atoms with Gasteiger partial charge in [-0.2, -0.15) is 0 Å². The number of rotatable bonds is 0. The van der Waals surface area contributed by atoms with Crippen LogP contribution in [0.4, 0.5) is 0 Å². The predicted octanol–water partition coefficient (Wildman–Crippen LogP) is 2.38. The molecule has 0 saturated heterocycles. The van der Waals surface area contributed by atoms with Gasteiger partial charge in [-0.1, -0.05) is 0 Å². The summed E-state index contributed by atoms with van der Waals surface area (Å²) >= 11 is 0. The number of hydrogen-bond donors (Lipinski definition) is 2. The molecule has 90 valence electrons. The Morgan fingerprint density at radius 2 is 1.76 bits per heavy atom. The van der Waals surface area contributed by atoms with Gasteiger partial charge in [0.25, 0.3) is 0 Å². The Morgan fingerprint density at radius 3 is 2.47 bits per heavy atom. The van der Waals surface area contributed by atoms with Gasteiger partial charge < -0.3 is 14.9 Å². The van der Waals surface area contributed by atoms with Gasteiger partial charge in [0, 0.05) is 0 Å². The number of aromatic hydroxyl groups is 2. The van der Waals surface area contributed by atoms with Gasteiger partial charge in [-0.25, -0.2) is 0 Å². The molecule has 1 aromatic carbocycles. The van der Waals surface area contributed by atoms with Gasteiger partial charge in [0.05, 0.1) is 6.42 Å². The van der Waals surface area contributed by atoms with Crippen LogP contribution in [0.3, 0.4) is 0 Å². The second-order valence-corrected chi connectivity index (χ2v) is 4.90. The average molecular weight is 234 g/mol. The Hall–Kier alpha value is -1.71.